The van der Waals surface area contributed by atoms with E-state index in [4.69, 9.17) is 16.6 Å². The lowest BCUT2D eigenvalue weighted by atomic mass is 9.97. The van der Waals surface area contributed by atoms with E-state index in [1.807, 2.05) is 0 Å². The lowest BCUT2D eigenvalue weighted by molar-refractivity contribution is -0.139. The molecule has 13 heavy (non-hydrogen) atoms. The zero-order valence-corrected chi connectivity index (χ0v) is 8.21. The van der Waals surface area contributed by atoms with Gasteiger partial charge in [0.25, 0.3) is 0 Å². The number of carboxylic acids is 1. The van der Waals surface area contributed by atoms with Gasteiger partial charge in [-0.25, -0.2) is 0 Å². The molecule has 0 saturated heterocycles. The van der Waals surface area contributed by atoms with Crippen molar-refractivity contribution >= 4 is 24.3 Å². The standard InChI is InChI=1S/C7H14N2O3.ClH/c1-2-4(6(9)10)3-5(8)7(11)12;/h4-5H,2-3,8H2,1H3,(H2,9,10)(H,11,12);1H/t4?,5-;/m0./s1. The first-order chi connectivity index (χ1) is 5.49. The quantitative estimate of drug-likeness (QED) is 0.580. The maximum absolute atomic E-state index is 10.7. The third kappa shape index (κ3) is 5.43. The number of nitrogens with two attached hydrogens (primary N) is 2. The molecule has 5 nitrogen and oxygen atoms in total. The van der Waals surface area contributed by atoms with Crippen molar-refractivity contribution in [3.63, 3.8) is 0 Å². The highest BCUT2D eigenvalue weighted by Gasteiger charge is 2.20. The van der Waals surface area contributed by atoms with Crippen molar-refractivity contribution in [2.24, 2.45) is 17.4 Å². The summed E-state index contributed by atoms with van der Waals surface area (Å²) in [6.45, 7) is 1.77. The summed E-state index contributed by atoms with van der Waals surface area (Å²) in [6, 6.07) is -0.998. The molecule has 0 bridgehead atoms. The molecule has 1 unspecified atom stereocenters. The van der Waals surface area contributed by atoms with Gasteiger partial charge in [-0.15, -0.1) is 12.4 Å². The highest BCUT2D eigenvalue weighted by Crippen LogP contribution is 2.09. The smallest absolute Gasteiger partial charge is 0.320 e. The van der Waals surface area contributed by atoms with E-state index in [0.29, 0.717) is 6.42 Å². The number of hydrogen-bond donors (Lipinski definition) is 3. The number of halogens is 1. The molecule has 6 heteroatoms. The van der Waals surface area contributed by atoms with Crippen molar-refractivity contribution in [3.05, 3.63) is 0 Å². The van der Waals surface area contributed by atoms with Gasteiger partial charge in [0.1, 0.15) is 6.04 Å². The van der Waals surface area contributed by atoms with Crippen LogP contribution >= 0.6 is 12.4 Å². The first kappa shape index (κ1) is 14.7. The second-order valence-electron chi connectivity index (χ2n) is 2.69. The number of rotatable bonds is 5. The monoisotopic (exact) mass is 210 g/mol. The Labute approximate surface area is 82.9 Å². The molecule has 2 atom stereocenters. The topological polar surface area (TPSA) is 106 Å². The molecule has 0 aromatic heterocycles. The minimum atomic E-state index is -1.10. The van der Waals surface area contributed by atoms with E-state index in [0.717, 1.165) is 0 Å². The summed E-state index contributed by atoms with van der Waals surface area (Å²) in [4.78, 5) is 21.0. The van der Waals surface area contributed by atoms with Crippen molar-refractivity contribution in [1.82, 2.24) is 0 Å². The van der Waals surface area contributed by atoms with Crippen LogP contribution in [-0.2, 0) is 9.59 Å². The highest BCUT2D eigenvalue weighted by molar-refractivity contribution is 5.85. The fraction of sp³-hybridized carbons (Fsp3) is 0.714. The number of amides is 1. The third-order valence-corrected chi connectivity index (χ3v) is 1.75. The van der Waals surface area contributed by atoms with Gasteiger partial charge in [0.15, 0.2) is 0 Å². The van der Waals surface area contributed by atoms with Crippen molar-refractivity contribution in [2.75, 3.05) is 0 Å². The van der Waals surface area contributed by atoms with E-state index >= 15 is 0 Å². The summed E-state index contributed by atoms with van der Waals surface area (Å²) in [7, 11) is 0. The Balaban J connectivity index is 0. The molecule has 0 aromatic rings. The Kier molecular flexibility index (Phi) is 7.55. The second kappa shape index (κ2) is 6.68. The molecular formula is C7H15ClN2O3. The molecule has 0 aliphatic heterocycles. The SMILES string of the molecule is CCC(C[C@H](N)C(=O)O)C(N)=O.Cl. The molecule has 0 aromatic carbocycles. The molecule has 0 saturated carbocycles. The van der Waals surface area contributed by atoms with Crippen LogP contribution in [0.15, 0.2) is 0 Å². The van der Waals surface area contributed by atoms with Crippen LogP contribution in [0.5, 0.6) is 0 Å². The Hall–Kier alpha value is -0.810. The normalized spacial score (nSPS) is 14.0. The van der Waals surface area contributed by atoms with Crippen LogP contribution in [-0.4, -0.2) is 23.0 Å². The number of carbonyl (C=O) groups is 2. The van der Waals surface area contributed by atoms with Crippen molar-refractivity contribution < 1.29 is 14.7 Å². The average molecular weight is 211 g/mol. The Morgan fingerprint density at radius 3 is 2.15 bits per heavy atom. The van der Waals surface area contributed by atoms with Gasteiger partial charge < -0.3 is 16.6 Å². The van der Waals surface area contributed by atoms with E-state index in [9.17, 15) is 9.59 Å². The zero-order chi connectivity index (χ0) is 9.72. The van der Waals surface area contributed by atoms with Crippen molar-refractivity contribution in [3.8, 4) is 0 Å². The second-order valence-corrected chi connectivity index (χ2v) is 2.69. The van der Waals surface area contributed by atoms with Crippen LogP contribution in [0.1, 0.15) is 19.8 Å². The Morgan fingerprint density at radius 1 is 1.46 bits per heavy atom. The number of aliphatic carboxylic acids is 1. The average Bonchev–Trinajstić information content (AvgIpc) is 1.98. The molecule has 0 heterocycles. The molecule has 0 spiro atoms. The van der Waals surface area contributed by atoms with Gasteiger partial charge in [0.05, 0.1) is 0 Å². The van der Waals surface area contributed by atoms with E-state index < -0.39 is 23.8 Å². The lowest BCUT2D eigenvalue weighted by Gasteiger charge is -2.12. The number of primary amides is 1. The largest absolute Gasteiger partial charge is 0.480 e. The van der Waals surface area contributed by atoms with Crippen molar-refractivity contribution in [2.45, 2.75) is 25.8 Å². The molecule has 5 N–H and O–H groups in total. The molecule has 0 aliphatic rings. The molecule has 78 valence electrons. The Bertz CT molecular complexity index is 187. The van der Waals surface area contributed by atoms with E-state index in [-0.39, 0.29) is 18.8 Å². The molecule has 0 aliphatic carbocycles. The fourth-order valence-corrected chi connectivity index (χ4v) is 0.891. The first-order valence-electron chi connectivity index (χ1n) is 3.76. The third-order valence-electron chi connectivity index (χ3n) is 1.75. The van der Waals surface area contributed by atoms with Gasteiger partial charge in [-0.05, 0) is 12.8 Å². The summed E-state index contributed by atoms with van der Waals surface area (Å²) in [5, 5.41) is 8.43. The molecule has 0 rings (SSSR count). The van der Waals surface area contributed by atoms with Crippen molar-refractivity contribution in [1.29, 1.82) is 0 Å². The van der Waals surface area contributed by atoms with Crippen LogP contribution in [0.3, 0.4) is 0 Å². The van der Waals surface area contributed by atoms with Gasteiger partial charge >= 0.3 is 5.97 Å². The number of carboxylic acid groups (broad SMARTS) is 1. The van der Waals surface area contributed by atoms with Gasteiger partial charge in [-0.3, -0.25) is 9.59 Å². The minimum Gasteiger partial charge on any atom is -0.480 e. The zero-order valence-electron chi connectivity index (χ0n) is 7.40. The van der Waals surface area contributed by atoms with E-state index in [1.54, 1.807) is 6.92 Å². The van der Waals surface area contributed by atoms with E-state index in [1.165, 1.54) is 0 Å². The maximum atomic E-state index is 10.7. The summed E-state index contributed by atoms with van der Waals surface area (Å²) in [5.74, 6) is -2.03. The first-order valence-corrected chi connectivity index (χ1v) is 3.76. The van der Waals surface area contributed by atoms with Gasteiger partial charge in [0.2, 0.25) is 5.91 Å². The predicted molar refractivity (Wildman–Crippen MR) is 50.5 cm³/mol. The molecule has 0 radical (unpaired) electrons. The fourth-order valence-electron chi connectivity index (χ4n) is 0.891. The van der Waals surface area contributed by atoms with Crippen LogP contribution in [0, 0.1) is 5.92 Å². The van der Waals surface area contributed by atoms with Crippen LogP contribution in [0.25, 0.3) is 0 Å². The maximum Gasteiger partial charge on any atom is 0.320 e. The summed E-state index contributed by atoms with van der Waals surface area (Å²) in [6.07, 6.45) is 0.636. The highest BCUT2D eigenvalue weighted by atomic mass is 35.5. The Morgan fingerprint density at radius 2 is 1.92 bits per heavy atom. The summed E-state index contributed by atoms with van der Waals surface area (Å²) in [5.41, 5.74) is 10.2. The molecule has 1 amide bonds. The molecule has 0 fully saturated rings. The van der Waals surface area contributed by atoms with Gasteiger partial charge in [-0.2, -0.15) is 0 Å². The summed E-state index contributed by atoms with van der Waals surface area (Å²) >= 11 is 0. The van der Waals surface area contributed by atoms with Gasteiger partial charge in [0, 0.05) is 5.92 Å². The van der Waals surface area contributed by atoms with E-state index in [2.05, 4.69) is 0 Å². The predicted octanol–water partition coefficient (Wildman–Crippen LogP) is -0.278. The number of carbonyl (C=O) groups excluding carboxylic acids is 1. The lowest BCUT2D eigenvalue weighted by Crippen LogP contribution is -2.36. The summed E-state index contributed by atoms with van der Waals surface area (Å²) < 4.78 is 0. The molecular weight excluding hydrogens is 196 g/mol. The van der Waals surface area contributed by atoms with Crippen LogP contribution in [0.4, 0.5) is 0 Å². The van der Waals surface area contributed by atoms with Gasteiger partial charge in [-0.1, -0.05) is 6.92 Å². The number of hydrogen-bond acceptors (Lipinski definition) is 3. The van der Waals surface area contributed by atoms with Crippen LogP contribution < -0.4 is 11.5 Å². The minimum absolute atomic E-state index is 0. The van der Waals surface area contributed by atoms with Crippen LogP contribution in [0.2, 0.25) is 0 Å².